The van der Waals surface area contributed by atoms with E-state index in [0.29, 0.717) is 43.6 Å². The van der Waals surface area contributed by atoms with Crippen molar-refractivity contribution in [3.63, 3.8) is 0 Å². The Morgan fingerprint density at radius 3 is 2.85 bits per heavy atom. The van der Waals surface area contributed by atoms with E-state index in [0.717, 1.165) is 0 Å². The zero-order valence-corrected chi connectivity index (χ0v) is 15.6. The Morgan fingerprint density at radius 1 is 1.38 bits per heavy atom. The van der Waals surface area contributed by atoms with E-state index in [4.69, 9.17) is 5.73 Å². The molecule has 0 saturated carbocycles. The zero-order valence-electron chi connectivity index (χ0n) is 14.8. The Morgan fingerprint density at radius 2 is 2.15 bits per heavy atom. The smallest absolute Gasteiger partial charge is 0.337 e. The number of methoxy groups -OCH3 is 1. The maximum atomic E-state index is 12.7. The largest absolute Gasteiger partial charge is 0.465 e. The van der Waals surface area contributed by atoms with Crippen molar-refractivity contribution < 1.29 is 22.7 Å². The van der Waals surface area contributed by atoms with E-state index in [1.165, 1.54) is 17.5 Å². The summed E-state index contributed by atoms with van der Waals surface area (Å²) < 4.78 is 31.5. The Labute approximate surface area is 153 Å². The third-order valence-corrected chi connectivity index (χ3v) is 6.11. The van der Waals surface area contributed by atoms with Crippen LogP contribution >= 0.6 is 0 Å². The summed E-state index contributed by atoms with van der Waals surface area (Å²) in [5, 5.41) is 2.71. The average Bonchev–Trinajstić information content (AvgIpc) is 2.65. The molecule has 1 aliphatic heterocycles. The average molecular weight is 383 g/mol. The third-order valence-electron chi connectivity index (χ3n) is 4.29. The molecule has 0 bridgehead atoms. The minimum absolute atomic E-state index is 0.162. The minimum Gasteiger partial charge on any atom is -0.465 e. The summed E-state index contributed by atoms with van der Waals surface area (Å²) >= 11 is 0. The maximum Gasteiger partial charge on any atom is 0.337 e. The van der Waals surface area contributed by atoms with Gasteiger partial charge in [-0.1, -0.05) is 12.1 Å². The molecule has 1 atom stereocenters. The summed E-state index contributed by atoms with van der Waals surface area (Å²) in [5.41, 5.74) is 6.18. The topological polar surface area (TPSA) is 119 Å². The maximum absolute atomic E-state index is 12.7. The molecular formula is C17H25N3O5S. The van der Waals surface area contributed by atoms with Crippen molar-refractivity contribution in [3.05, 3.63) is 35.4 Å². The first kappa shape index (κ1) is 20.3. The molecular weight excluding hydrogens is 358 g/mol. The van der Waals surface area contributed by atoms with Gasteiger partial charge in [-0.2, -0.15) is 0 Å². The predicted molar refractivity (Wildman–Crippen MR) is 96.8 cm³/mol. The van der Waals surface area contributed by atoms with Gasteiger partial charge in [0, 0.05) is 26.2 Å². The van der Waals surface area contributed by atoms with Crippen molar-refractivity contribution in [2.45, 2.75) is 18.6 Å². The van der Waals surface area contributed by atoms with Gasteiger partial charge in [-0.3, -0.25) is 4.79 Å². The van der Waals surface area contributed by atoms with Crippen LogP contribution in [0.2, 0.25) is 0 Å². The molecule has 0 aromatic heterocycles. The number of nitrogens with two attached hydrogens (primary N) is 1. The van der Waals surface area contributed by atoms with Gasteiger partial charge < -0.3 is 15.8 Å². The predicted octanol–water partition coefficient (Wildman–Crippen LogP) is 0.0899. The Balaban J connectivity index is 2.07. The lowest BCUT2D eigenvalue weighted by Gasteiger charge is -2.31. The second kappa shape index (κ2) is 9.11. The number of nitrogens with one attached hydrogen (secondary N) is 1. The molecule has 0 aliphatic carbocycles. The van der Waals surface area contributed by atoms with Crippen LogP contribution in [0.3, 0.4) is 0 Å². The summed E-state index contributed by atoms with van der Waals surface area (Å²) in [5.74, 6) is -1.28. The monoisotopic (exact) mass is 383 g/mol. The van der Waals surface area contributed by atoms with Gasteiger partial charge in [-0.15, -0.1) is 0 Å². The molecule has 144 valence electrons. The lowest BCUT2D eigenvalue weighted by Crippen LogP contribution is -2.46. The number of amides is 1. The molecule has 1 unspecified atom stereocenters. The van der Waals surface area contributed by atoms with Crippen LogP contribution in [-0.2, 0) is 25.3 Å². The van der Waals surface area contributed by atoms with E-state index in [9.17, 15) is 18.0 Å². The van der Waals surface area contributed by atoms with Crippen LogP contribution in [0.25, 0.3) is 0 Å². The second-order valence-corrected chi connectivity index (χ2v) is 8.19. The summed E-state index contributed by atoms with van der Waals surface area (Å²) in [4.78, 5) is 23.7. The van der Waals surface area contributed by atoms with Crippen molar-refractivity contribution in [1.29, 1.82) is 0 Å². The molecule has 1 aromatic rings. The molecule has 3 N–H and O–H groups in total. The molecule has 8 nitrogen and oxygen atoms in total. The molecule has 1 saturated heterocycles. The summed E-state index contributed by atoms with van der Waals surface area (Å²) in [6.45, 7) is 1.27. The van der Waals surface area contributed by atoms with Crippen molar-refractivity contribution in [2.75, 3.05) is 33.3 Å². The van der Waals surface area contributed by atoms with Gasteiger partial charge in [0.25, 0.3) is 0 Å². The normalized spacial score (nSPS) is 18.3. The van der Waals surface area contributed by atoms with Crippen molar-refractivity contribution in [1.82, 2.24) is 9.62 Å². The number of benzene rings is 1. The van der Waals surface area contributed by atoms with Crippen molar-refractivity contribution in [3.8, 4) is 0 Å². The van der Waals surface area contributed by atoms with E-state index in [-0.39, 0.29) is 24.1 Å². The fourth-order valence-corrected chi connectivity index (χ4v) is 4.55. The minimum atomic E-state index is -3.60. The number of carbonyl (C=O) groups is 2. The molecule has 2 rings (SSSR count). The standard InChI is InChI=1S/C17H25N3O5S/c1-25-17(22)14-5-2-4-13(10-14)12-26(23,24)20-9-3-6-15(11-20)16(21)19-8-7-18/h2,4-5,10,15H,3,6-9,11-12,18H2,1H3,(H,19,21). The Kier molecular flexibility index (Phi) is 7.13. The van der Waals surface area contributed by atoms with Gasteiger partial charge in [0.2, 0.25) is 15.9 Å². The molecule has 1 fully saturated rings. The fourth-order valence-electron chi connectivity index (χ4n) is 2.96. The first-order valence-corrected chi connectivity index (χ1v) is 10.1. The lowest BCUT2D eigenvalue weighted by atomic mass is 9.99. The van der Waals surface area contributed by atoms with E-state index in [1.54, 1.807) is 18.2 Å². The van der Waals surface area contributed by atoms with Gasteiger partial charge in [-0.05, 0) is 30.5 Å². The number of carbonyl (C=O) groups excluding carboxylic acids is 2. The number of piperidine rings is 1. The Hall–Kier alpha value is -1.97. The summed E-state index contributed by atoms with van der Waals surface area (Å²) in [6, 6.07) is 6.36. The Bertz CT molecular complexity index is 751. The van der Waals surface area contributed by atoms with E-state index in [1.807, 2.05) is 0 Å². The number of ether oxygens (including phenoxy) is 1. The number of nitrogens with zero attached hydrogens (tertiary/aromatic N) is 1. The highest BCUT2D eigenvalue weighted by molar-refractivity contribution is 7.88. The SMILES string of the molecule is COC(=O)c1cccc(CS(=O)(=O)N2CCCC(C(=O)NCCN)C2)c1. The highest BCUT2D eigenvalue weighted by atomic mass is 32.2. The zero-order chi connectivity index (χ0) is 19.2. The summed E-state index contributed by atoms with van der Waals surface area (Å²) in [6.07, 6.45) is 1.28. The molecule has 1 heterocycles. The van der Waals surface area contributed by atoms with Crippen LogP contribution in [0, 0.1) is 5.92 Å². The van der Waals surface area contributed by atoms with Crippen LogP contribution in [0.4, 0.5) is 0 Å². The lowest BCUT2D eigenvalue weighted by molar-refractivity contribution is -0.126. The van der Waals surface area contributed by atoms with Gasteiger partial charge >= 0.3 is 5.97 Å². The van der Waals surface area contributed by atoms with E-state index >= 15 is 0 Å². The van der Waals surface area contributed by atoms with Gasteiger partial charge in [0.1, 0.15) is 0 Å². The first-order valence-electron chi connectivity index (χ1n) is 8.50. The van der Waals surface area contributed by atoms with Crippen LogP contribution in [0.1, 0.15) is 28.8 Å². The molecule has 26 heavy (non-hydrogen) atoms. The summed E-state index contributed by atoms with van der Waals surface area (Å²) in [7, 11) is -2.32. The quantitative estimate of drug-likeness (QED) is 0.644. The highest BCUT2D eigenvalue weighted by Crippen LogP contribution is 2.22. The number of hydrogen-bond donors (Lipinski definition) is 2. The van der Waals surface area contributed by atoms with Gasteiger partial charge in [0.15, 0.2) is 0 Å². The van der Waals surface area contributed by atoms with Gasteiger partial charge in [0.05, 0.1) is 24.3 Å². The molecule has 0 spiro atoms. The molecule has 1 amide bonds. The first-order chi connectivity index (χ1) is 12.4. The molecule has 1 aromatic carbocycles. The number of esters is 1. The second-order valence-electron chi connectivity index (χ2n) is 6.23. The molecule has 0 radical (unpaired) electrons. The van der Waals surface area contributed by atoms with Crippen LogP contribution in [0.5, 0.6) is 0 Å². The number of hydrogen-bond acceptors (Lipinski definition) is 6. The number of sulfonamides is 1. The van der Waals surface area contributed by atoms with Crippen LogP contribution < -0.4 is 11.1 Å². The molecule has 9 heteroatoms. The fraction of sp³-hybridized carbons (Fsp3) is 0.529. The van der Waals surface area contributed by atoms with E-state index < -0.39 is 16.0 Å². The van der Waals surface area contributed by atoms with Crippen molar-refractivity contribution >= 4 is 21.9 Å². The van der Waals surface area contributed by atoms with E-state index in [2.05, 4.69) is 10.1 Å². The van der Waals surface area contributed by atoms with Crippen LogP contribution in [0.15, 0.2) is 24.3 Å². The highest BCUT2D eigenvalue weighted by Gasteiger charge is 2.32. The van der Waals surface area contributed by atoms with Crippen LogP contribution in [-0.4, -0.2) is 57.9 Å². The third kappa shape index (κ3) is 5.26. The number of rotatable bonds is 7. The molecule has 1 aliphatic rings. The van der Waals surface area contributed by atoms with Crippen molar-refractivity contribution in [2.24, 2.45) is 11.7 Å². The van der Waals surface area contributed by atoms with Gasteiger partial charge in [-0.25, -0.2) is 17.5 Å².